The highest BCUT2D eigenvalue weighted by atomic mass is 16.5. The van der Waals surface area contributed by atoms with Gasteiger partial charge in [-0.25, -0.2) is 0 Å². The quantitative estimate of drug-likeness (QED) is 0.865. The second kappa shape index (κ2) is 5.96. The van der Waals surface area contributed by atoms with E-state index in [1.54, 1.807) is 23.7 Å². The molecule has 1 saturated carbocycles. The Bertz CT molecular complexity index is 623. The molecule has 2 heterocycles. The molecular weight excluding hydrogens is 296 g/mol. The zero-order valence-corrected chi connectivity index (χ0v) is 14.0. The van der Waals surface area contributed by atoms with Crippen LogP contribution in [-0.2, 0) is 16.6 Å². The molecular formula is C16H24N4O3. The van der Waals surface area contributed by atoms with Crippen molar-refractivity contribution in [2.45, 2.75) is 37.1 Å². The summed E-state index contributed by atoms with van der Waals surface area (Å²) in [6.45, 7) is 0.742. The van der Waals surface area contributed by atoms with E-state index in [0.717, 1.165) is 25.0 Å². The van der Waals surface area contributed by atoms with Crippen molar-refractivity contribution in [3.63, 3.8) is 0 Å². The summed E-state index contributed by atoms with van der Waals surface area (Å²) in [6, 6.07) is 1.87. The van der Waals surface area contributed by atoms with Crippen LogP contribution < -0.4 is 5.32 Å². The molecule has 7 nitrogen and oxygen atoms in total. The number of likely N-dealkylation sites (tertiary alicyclic amines) is 1. The van der Waals surface area contributed by atoms with E-state index in [1.807, 2.05) is 13.1 Å². The van der Waals surface area contributed by atoms with Gasteiger partial charge in [-0.3, -0.25) is 14.3 Å². The smallest absolute Gasteiger partial charge is 0.275 e. The average Bonchev–Trinajstić information content (AvgIpc) is 3.18. The second-order valence-corrected chi connectivity index (χ2v) is 6.46. The summed E-state index contributed by atoms with van der Waals surface area (Å²) in [7, 11) is 5.01. The zero-order chi connectivity index (χ0) is 16.6. The van der Waals surface area contributed by atoms with Gasteiger partial charge >= 0.3 is 0 Å². The molecule has 0 spiro atoms. The number of aryl methyl sites for hydroxylation is 1. The molecule has 3 rings (SSSR count). The molecule has 1 atom stereocenters. The molecule has 0 radical (unpaired) electrons. The van der Waals surface area contributed by atoms with E-state index in [2.05, 4.69) is 10.4 Å². The molecule has 2 amide bonds. The van der Waals surface area contributed by atoms with Gasteiger partial charge in [-0.2, -0.15) is 5.10 Å². The van der Waals surface area contributed by atoms with Crippen LogP contribution >= 0.6 is 0 Å². The van der Waals surface area contributed by atoms with Gasteiger partial charge in [-0.05, 0) is 31.7 Å². The van der Waals surface area contributed by atoms with Crippen molar-refractivity contribution in [1.82, 2.24) is 20.0 Å². The van der Waals surface area contributed by atoms with Crippen molar-refractivity contribution in [2.75, 3.05) is 27.3 Å². The summed E-state index contributed by atoms with van der Waals surface area (Å²) in [5.74, 6) is 0.157. The first kappa shape index (κ1) is 16.0. The monoisotopic (exact) mass is 320 g/mol. The lowest BCUT2D eigenvalue weighted by molar-refractivity contribution is -0.133. The Labute approximate surface area is 136 Å². The molecule has 1 aromatic heterocycles. The van der Waals surface area contributed by atoms with Crippen molar-refractivity contribution in [3.05, 3.63) is 17.5 Å². The maximum atomic E-state index is 13.0. The van der Waals surface area contributed by atoms with E-state index in [-0.39, 0.29) is 18.4 Å². The van der Waals surface area contributed by atoms with Gasteiger partial charge in [0.25, 0.3) is 5.91 Å². The number of methoxy groups -OCH3 is 1. The minimum Gasteiger partial charge on any atom is -0.382 e. The second-order valence-electron chi connectivity index (χ2n) is 6.46. The Kier molecular flexibility index (Phi) is 4.14. The molecule has 23 heavy (non-hydrogen) atoms. The maximum absolute atomic E-state index is 13.0. The Balaban J connectivity index is 1.90. The first-order valence-electron chi connectivity index (χ1n) is 8.10. The van der Waals surface area contributed by atoms with Crippen LogP contribution in [0.4, 0.5) is 0 Å². The number of ether oxygens (including phenoxy) is 1. The van der Waals surface area contributed by atoms with Crippen molar-refractivity contribution >= 4 is 11.8 Å². The van der Waals surface area contributed by atoms with Crippen molar-refractivity contribution in [3.8, 4) is 0 Å². The molecule has 2 aliphatic rings. The number of aromatic nitrogens is 2. The summed E-state index contributed by atoms with van der Waals surface area (Å²) in [6.07, 6.45) is 3.70. The van der Waals surface area contributed by atoms with Crippen LogP contribution in [0, 0.1) is 0 Å². The van der Waals surface area contributed by atoms with E-state index in [1.165, 1.54) is 0 Å². The molecule has 1 aliphatic heterocycles. The summed E-state index contributed by atoms with van der Waals surface area (Å²) in [5.41, 5.74) is 0.586. The number of rotatable bonds is 5. The van der Waals surface area contributed by atoms with Crippen molar-refractivity contribution in [1.29, 1.82) is 0 Å². The lowest BCUT2D eigenvalue weighted by Crippen LogP contribution is -2.59. The van der Waals surface area contributed by atoms with E-state index in [4.69, 9.17) is 4.74 Å². The summed E-state index contributed by atoms with van der Waals surface area (Å²) in [4.78, 5) is 27.1. The largest absolute Gasteiger partial charge is 0.382 e. The molecule has 0 bridgehead atoms. The van der Waals surface area contributed by atoms with Crippen LogP contribution in [0.15, 0.2) is 6.07 Å². The number of nitrogens with one attached hydrogen (secondary N) is 1. The lowest BCUT2D eigenvalue weighted by Gasteiger charge is -2.35. The normalized spacial score (nSPS) is 24.0. The van der Waals surface area contributed by atoms with Gasteiger partial charge in [-0.1, -0.05) is 0 Å². The van der Waals surface area contributed by atoms with Crippen LogP contribution in [0.1, 0.15) is 47.8 Å². The molecule has 0 aromatic carbocycles. The average molecular weight is 320 g/mol. The number of amides is 2. The SMILES string of the molecule is CNC(=O)C1(COC)CCCN1C(=O)c1cc(C2CC2)n(C)n1. The molecule has 1 N–H and O–H groups in total. The third kappa shape index (κ3) is 2.63. The lowest BCUT2D eigenvalue weighted by atomic mass is 9.95. The Morgan fingerprint density at radius 2 is 2.22 bits per heavy atom. The molecule has 1 aromatic rings. The number of hydrogen-bond donors (Lipinski definition) is 1. The van der Waals surface area contributed by atoms with Gasteiger partial charge in [0.1, 0.15) is 5.54 Å². The number of nitrogens with zero attached hydrogens (tertiary/aromatic N) is 3. The molecule has 1 unspecified atom stereocenters. The standard InChI is InChI=1S/C16H24N4O3/c1-17-15(22)16(10-23-3)7-4-8-20(16)14(21)12-9-13(11-5-6-11)19(2)18-12/h9,11H,4-8,10H2,1-3H3,(H,17,22). The molecule has 126 valence electrons. The number of carbonyl (C=O) groups is 2. The minimum absolute atomic E-state index is 0.177. The number of hydrogen-bond acceptors (Lipinski definition) is 4. The summed E-state index contributed by atoms with van der Waals surface area (Å²) in [5, 5.41) is 7.06. The fraction of sp³-hybridized carbons (Fsp3) is 0.688. The molecule has 1 aliphatic carbocycles. The topological polar surface area (TPSA) is 76.5 Å². The minimum atomic E-state index is -0.933. The van der Waals surface area contributed by atoms with Crippen molar-refractivity contribution in [2.24, 2.45) is 7.05 Å². The third-order valence-corrected chi connectivity index (χ3v) is 4.90. The Morgan fingerprint density at radius 1 is 1.48 bits per heavy atom. The summed E-state index contributed by atoms with van der Waals surface area (Å²) < 4.78 is 7.06. The van der Waals surface area contributed by atoms with Crippen LogP contribution in [0.25, 0.3) is 0 Å². The first-order chi connectivity index (χ1) is 11.0. The van der Waals surface area contributed by atoms with Gasteiger partial charge < -0.3 is 15.0 Å². The predicted molar refractivity (Wildman–Crippen MR) is 84.1 cm³/mol. The number of likely N-dealkylation sites (N-methyl/N-ethyl adjacent to an activating group) is 1. The van der Waals surface area contributed by atoms with Crippen LogP contribution in [-0.4, -0.2) is 59.3 Å². The van der Waals surface area contributed by atoms with Gasteiger partial charge in [-0.15, -0.1) is 0 Å². The summed E-state index contributed by atoms with van der Waals surface area (Å²) >= 11 is 0. The Hall–Kier alpha value is -1.89. The highest BCUT2D eigenvalue weighted by molar-refractivity contribution is 5.98. The number of carbonyl (C=O) groups excluding carboxylic acids is 2. The van der Waals surface area contributed by atoms with Crippen LogP contribution in [0.5, 0.6) is 0 Å². The zero-order valence-electron chi connectivity index (χ0n) is 14.0. The van der Waals surface area contributed by atoms with Crippen molar-refractivity contribution < 1.29 is 14.3 Å². The van der Waals surface area contributed by atoms with E-state index < -0.39 is 5.54 Å². The fourth-order valence-corrected chi connectivity index (χ4v) is 3.58. The van der Waals surface area contributed by atoms with Gasteiger partial charge in [0.05, 0.1) is 6.61 Å². The Morgan fingerprint density at radius 3 is 2.83 bits per heavy atom. The molecule has 2 fully saturated rings. The van der Waals surface area contributed by atoms with E-state index >= 15 is 0 Å². The fourth-order valence-electron chi connectivity index (χ4n) is 3.58. The maximum Gasteiger partial charge on any atom is 0.275 e. The highest BCUT2D eigenvalue weighted by Crippen LogP contribution is 2.40. The van der Waals surface area contributed by atoms with E-state index in [0.29, 0.717) is 24.6 Å². The van der Waals surface area contributed by atoms with Crippen LogP contribution in [0.2, 0.25) is 0 Å². The van der Waals surface area contributed by atoms with Crippen LogP contribution in [0.3, 0.4) is 0 Å². The van der Waals surface area contributed by atoms with E-state index in [9.17, 15) is 9.59 Å². The van der Waals surface area contributed by atoms with Gasteiger partial charge in [0, 0.05) is 39.4 Å². The van der Waals surface area contributed by atoms with Gasteiger partial charge in [0.2, 0.25) is 5.91 Å². The molecule has 1 saturated heterocycles. The van der Waals surface area contributed by atoms with Gasteiger partial charge in [0.15, 0.2) is 5.69 Å². The third-order valence-electron chi connectivity index (χ3n) is 4.90. The molecule has 7 heteroatoms. The highest BCUT2D eigenvalue weighted by Gasteiger charge is 2.50. The first-order valence-corrected chi connectivity index (χ1v) is 8.10. The predicted octanol–water partition coefficient (Wildman–Crippen LogP) is 0.665.